The van der Waals surface area contributed by atoms with E-state index in [0.717, 1.165) is 0 Å². The largest absolute Gasteiger partial charge is 0.354 e. The topological polar surface area (TPSA) is 92.2 Å². The summed E-state index contributed by atoms with van der Waals surface area (Å²) in [5, 5.41) is 5.70. The third-order valence-corrected chi connectivity index (χ3v) is 4.61. The average Bonchev–Trinajstić information content (AvgIpc) is 3.15. The van der Waals surface area contributed by atoms with Crippen molar-refractivity contribution >= 4 is 15.9 Å². The Bertz CT molecular complexity index is 590. The molecule has 112 valence electrons. The molecule has 0 atom stereocenters. The van der Waals surface area contributed by atoms with E-state index in [0.29, 0.717) is 24.8 Å². The molecule has 0 spiro atoms. The Morgan fingerprint density at radius 1 is 1.40 bits per heavy atom. The summed E-state index contributed by atoms with van der Waals surface area (Å²) in [6, 6.07) is 1.92. The highest BCUT2D eigenvalue weighted by atomic mass is 32.2. The van der Waals surface area contributed by atoms with E-state index < -0.39 is 10.0 Å². The molecule has 1 aromatic rings. The molecule has 20 heavy (non-hydrogen) atoms. The van der Waals surface area contributed by atoms with E-state index in [1.165, 1.54) is 36.7 Å². The van der Waals surface area contributed by atoms with Crippen LogP contribution in [-0.4, -0.2) is 45.1 Å². The van der Waals surface area contributed by atoms with Crippen LogP contribution in [0.5, 0.6) is 0 Å². The van der Waals surface area contributed by atoms with E-state index >= 15 is 0 Å². The molecule has 1 heterocycles. The van der Waals surface area contributed by atoms with E-state index in [2.05, 4.69) is 15.4 Å². The first kappa shape index (κ1) is 15.0. The lowest BCUT2D eigenvalue weighted by molar-refractivity contribution is 0.0955. The molecule has 0 saturated heterocycles. The van der Waals surface area contributed by atoms with Gasteiger partial charge in [0.05, 0.1) is 0 Å². The van der Waals surface area contributed by atoms with Crippen LogP contribution in [0.2, 0.25) is 0 Å². The van der Waals surface area contributed by atoms with Gasteiger partial charge in [-0.3, -0.25) is 4.79 Å². The van der Waals surface area contributed by atoms with Crippen LogP contribution < -0.4 is 15.4 Å². The Kier molecular flexibility index (Phi) is 4.46. The molecule has 0 unspecified atom stereocenters. The third kappa shape index (κ3) is 3.59. The molecule has 1 amide bonds. The van der Waals surface area contributed by atoms with Crippen molar-refractivity contribution < 1.29 is 13.2 Å². The number of hydrogen-bond acceptors (Lipinski definition) is 4. The summed E-state index contributed by atoms with van der Waals surface area (Å²) in [6.07, 6.45) is 3.77. The minimum Gasteiger partial charge on any atom is -0.354 e. The molecule has 1 aliphatic rings. The van der Waals surface area contributed by atoms with Gasteiger partial charge in [0.2, 0.25) is 10.0 Å². The molecule has 0 aromatic carbocycles. The predicted molar refractivity (Wildman–Crippen MR) is 75.0 cm³/mol. The highest BCUT2D eigenvalue weighted by Crippen LogP contribution is 2.18. The molecule has 2 rings (SSSR count). The highest BCUT2D eigenvalue weighted by molar-refractivity contribution is 7.89. The summed E-state index contributed by atoms with van der Waals surface area (Å²) < 4.78 is 28.2. The zero-order valence-electron chi connectivity index (χ0n) is 11.6. The van der Waals surface area contributed by atoms with Crippen LogP contribution in [0, 0.1) is 0 Å². The van der Waals surface area contributed by atoms with E-state index in [1.54, 1.807) is 7.05 Å². The van der Waals surface area contributed by atoms with Gasteiger partial charge in [-0.05, 0) is 18.9 Å². The van der Waals surface area contributed by atoms with E-state index in [4.69, 9.17) is 0 Å². The smallest absolute Gasteiger partial charge is 0.267 e. The zero-order valence-corrected chi connectivity index (χ0v) is 12.5. The number of aryl methyl sites for hydroxylation is 1. The van der Waals surface area contributed by atoms with Crippen molar-refractivity contribution in [3.8, 4) is 0 Å². The fraction of sp³-hybridized carbons (Fsp3) is 0.583. The second-order valence-corrected chi connectivity index (χ2v) is 6.64. The highest BCUT2D eigenvalue weighted by Gasteiger charge is 2.21. The van der Waals surface area contributed by atoms with Crippen LogP contribution in [-0.2, 0) is 17.1 Å². The number of rotatable bonds is 7. The summed E-state index contributed by atoms with van der Waals surface area (Å²) in [7, 11) is -0.430. The Balaban J connectivity index is 1.98. The van der Waals surface area contributed by atoms with Crippen LogP contribution in [0.3, 0.4) is 0 Å². The number of nitrogens with zero attached hydrogens (tertiary/aromatic N) is 1. The van der Waals surface area contributed by atoms with Gasteiger partial charge in [-0.25, -0.2) is 13.1 Å². The van der Waals surface area contributed by atoms with Gasteiger partial charge in [0.15, 0.2) is 0 Å². The first-order valence-electron chi connectivity index (χ1n) is 6.55. The number of amides is 1. The average molecular weight is 300 g/mol. The first-order chi connectivity index (χ1) is 9.44. The molecule has 7 nitrogen and oxygen atoms in total. The van der Waals surface area contributed by atoms with E-state index in [9.17, 15) is 13.2 Å². The first-order valence-corrected chi connectivity index (χ1v) is 8.04. The lowest BCUT2D eigenvalue weighted by Gasteiger charge is -2.05. The van der Waals surface area contributed by atoms with Crippen molar-refractivity contribution in [2.24, 2.45) is 7.05 Å². The molecule has 1 saturated carbocycles. The molecular formula is C12H20N4O3S. The van der Waals surface area contributed by atoms with Crippen LogP contribution in [0.1, 0.15) is 23.3 Å². The molecule has 1 fully saturated rings. The Morgan fingerprint density at radius 2 is 2.10 bits per heavy atom. The van der Waals surface area contributed by atoms with Gasteiger partial charge >= 0.3 is 0 Å². The van der Waals surface area contributed by atoms with Gasteiger partial charge in [-0.15, -0.1) is 0 Å². The molecule has 0 aliphatic heterocycles. The van der Waals surface area contributed by atoms with Crippen LogP contribution >= 0.6 is 0 Å². The van der Waals surface area contributed by atoms with Gasteiger partial charge in [0.25, 0.3) is 5.91 Å². The molecule has 1 aliphatic carbocycles. The number of sulfonamides is 1. The maximum absolute atomic E-state index is 12.1. The SMILES string of the molecule is CNC(=O)c1cc(S(=O)(=O)NCCNC2CC2)cn1C. The number of carbonyl (C=O) groups excluding carboxylic acids is 1. The Labute approximate surface area is 118 Å². The molecule has 1 aromatic heterocycles. The second kappa shape index (κ2) is 5.94. The van der Waals surface area contributed by atoms with Gasteiger partial charge in [0, 0.05) is 39.4 Å². The maximum atomic E-state index is 12.1. The number of carbonyl (C=O) groups is 1. The lowest BCUT2D eigenvalue weighted by Crippen LogP contribution is -2.32. The van der Waals surface area contributed by atoms with E-state index in [-0.39, 0.29) is 10.8 Å². The number of aromatic nitrogens is 1. The summed E-state index contributed by atoms with van der Waals surface area (Å²) in [5.74, 6) is -0.315. The number of nitrogens with one attached hydrogen (secondary N) is 3. The Hall–Kier alpha value is -1.38. The molecule has 8 heteroatoms. The normalized spacial score (nSPS) is 15.3. The maximum Gasteiger partial charge on any atom is 0.267 e. The van der Waals surface area contributed by atoms with Crippen LogP contribution in [0.25, 0.3) is 0 Å². The minimum absolute atomic E-state index is 0.102. The summed E-state index contributed by atoms with van der Waals surface area (Å²) >= 11 is 0. The standard InChI is InChI=1S/C12H20N4O3S/c1-13-12(17)11-7-10(8-16(11)2)20(18,19)15-6-5-14-9-3-4-9/h7-9,14-15H,3-6H2,1-2H3,(H,13,17). The van der Waals surface area contributed by atoms with Gasteiger partial charge in [0.1, 0.15) is 10.6 Å². The van der Waals surface area contributed by atoms with Crippen molar-refractivity contribution in [3.05, 3.63) is 18.0 Å². The van der Waals surface area contributed by atoms with Gasteiger partial charge in [-0.2, -0.15) is 0 Å². The minimum atomic E-state index is -3.57. The van der Waals surface area contributed by atoms with Crippen molar-refractivity contribution in [3.63, 3.8) is 0 Å². The second-order valence-electron chi connectivity index (χ2n) is 4.88. The predicted octanol–water partition coefficient (Wildman–Crippen LogP) is -0.585. The summed E-state index contributed by atoms with van der Waals surface area (Å²) in [5.41, 5.74) is 0.309. The fourth-order valence-electron chi connectivity index (χ4n) is 1.87. The monoisotopic (exact) mass is 300 g/mol. The molecule has 0 radical (unpaired) electrons. The van der Waals surface area contributed by atoms with Crippen molar-refractivity contribution in [2.45, 2.75) is 23.8 Å². The van der Waals surface area contributed by atoms with Gasteiger partial charge < -0.3 is 15.2 Å². The van der Waals surface area contributed by atoms with Crippen LogP contribution in [0.15, 0.2) is 17.2 Å². The van der Waals surface area contributed by atoms with E-state index in [1.807, 2.05) is 0 Å². The summed E-state index contributed by atoms with van der Waals surface area (Å²) in [4.78, 5) is 11.7. The summed E-state index contributed by atoms with van der Waals surface area (Å²) in [6.45, 7) is 0.946. The fourth-order valence-corrected chi connectivity index (χ4v) is 2.97. The molecular weight excluding hydrogens is 280 g/mol. The zero-order chi connectivity index (χ0) is 14.8. The van der Waals surface area contributed by atoms with Crippen molar-refractivity contribution in [1.82, 2.24) is 19.9 Å². The lowest BCUT2D eigenvalue weighted by atomic mass is 10.4. The van der Waals surface area contributed by atoms with Crippen molar-refractivity contribution in [2.75, 3.05) is 20.1 Å². The molecule has 3 N–H and O–H groups in total. The number of hydrogen-bond donors (Lipinski definition) is 3. The quantitative estimate of drug-likeness (QED) is 0.587. The van der Waals surface area contributed by atoms with Gasteiger partial charge in [-0.1, -0.05) is 0 Å². The third-order valence-electron chi connectivity index (χ3n) is 3.18. The molecule has 0 bridgehead atoms. The van der Waals surface area contributed by atoms with Crippen LogP contribution in [0.4, 0.5) is 0 Å². The Morgan fingerprint density at radius 3 is 2.70 bits per heavy atom. The van der Waals surface area contributed by atoms with Crippen molar-refractivity contribution in [1.29, 1.82) is 0 Å².